The summed E-state index contributed by atoms with van der Waals surface area (Å²) in [4.78, 5) is 12.3. The van der Waals surface area contributed by atoms with Crippen LogP contribution in [0.3, 0.4) is 0 Å². The Bertz CT molecular complexity index is 892. The van der Waals surface area contributed by atoms with Crippen LogP contribution in [-0.2, 0) is 6.54 Å². The van der Waals surface area contributed by atoms with E-state index in [4.69, 9.17) is 0 Å². The van der Waals surface area contributed by atoms with Crippen LogP contribution in [0.1, 0.15) is 21.7 Å². The Kier molecular flexibility index (Phi) is 5.14. The van der Waals surface area contributed by atoms with Crippen LogP contribution in [0.5, 0.6) is 0 Å². The molecule has 5 nitrogen and oxygen atoms in total. The van der Waals surface area contributed by atoms with E-state index in [0.717, 1.165) is 11.3 Å². The number of thioether (sulfide) groups is 1. The first-order valence-electron chi connectivity index (χ1n) is 7.67. The van der Waals surface area contributed by atoms with Gasteiger partial charge in [-0.15, -0.1) is 10.2 Å². The largest absolute Gasteiger partial charge is 0.345 e. The first kappa shape index (κ1) is 17.2. The Morgan fingerprint density at radius 3 is 2.64 bits per heavy atom. The number of nitrogens with zero attached hydrogens (tertiary/aromatic N) is 3. The molecule has 128 valence electrons. The molecule has 0 aliphatic carbocycles. The maximum Gasteiger partial charge on any atom is 0.251 e. The highest BCUT2D eigenvalue weighted by molar-refractivity contribution is 7.98. The SMILES string of the molecule is CSc1nnc(CNC(=O)c2cccc(C)c2)n1-c1ccc(F)cc1. The van der Waals surface area contributed by atoms with Crippen molar-refractivity contribution in [3.63, 3.8) is 0 Å². The lowest BCUT2D eigenvalue weighted by molar-refractivity contribution is 0.0949. The van der Waals surface area contributed by atoms with Crippen LogP contribution >= 0.6 is 11.8 Å². The van der Waals surface area contributed by atoms with Crippen molar-refractivity contribution in [3.05, 3.63) is 71.3 Å². The smallest absolute Gasteiger partial charge is 0.251 e. The number of amides is 1. The van der Waals surface area contributed by atoms with Crippen molar-refractivity contribution < 1.29 is 9.18 Å². The van der Waals surface area contributed by atoms with E-state index < -0.39 is 0 Å². The van der Waals surface area contributed by atoms with E-state index >= 15 is 0 Å². The fourth-order valence-corrected chi connectivity index (χ4v) is 2.96. The van der Waals surface area contributed by atoms with E-state index in [9.17, 15) is 9.18 Å². The van der Waals surface area contributed by atoms with Gasteiger partial charge in [0.15, 0.2) is 11.0 Å². The summed E-state index contributed by atoms with van der Waals surface area (Å²) >= 11 is 1.43. The van der Waals surface area contributed by atoms with Crippen molar-refractivity contribution in [2.75, 3.05) is 6.26 Å². The number of hydrogen-bond acceptors (Lipinski definition) is 4. The van der Waals surface area contributed by atoms with Crippen molar-refractivity contribution >= 4 is 17.7 Å². The van der Waals surface area contributed by atoms with E-state index in [2.05, 4.69) is 15.5 Å². The molecule has 2 aromatic carbocycles. The van der Waals surface area contributed by atoms with E-state index in [1.54, 1.807) is 22.8 Å². The second kappa shape index (κ2) is 7.48. The summed E-state index contributed by atoms with van der Waals surface area (Å²) in [5, 5.41) is 11.8. The molecule has 1 amide bonds. The van der Waals surface area contributed by atoms with Crippen LogP contribution in [-0.4, -0.2) is 26.9 Å². The van der Waals surface area contributed by atoms with Crippen LogP contribution in [0, 0.1) is 12.7 Å². The summed E-state index contributed by atoms with van der Waals surface area (Å²) in [6.45, 7) is 2.16. The minimum Gasteiger partial charge on any atom is -0.345 e. The molecular weight excluding hydrogens is 339 g/mol. The van der Waals surface area contributed by atoms with Gasteiger partial charge in [-0.2, -0.15) is 0 Å². The lowest BCUT2D eigenvalue weighted by Gasteiger charge is -2.10. The summed E-state index contributed by atoms with van der Waals surface area (Å²) in [5.74, 6) is 0.0943. The van der Waals surface area contributed by atoms with E-state index in [-0.39, 0.29) is 18.3 Å². The summed E-state index contributed by atoms with van der Waals surface area (Å²) in [7, 11) is 0. The van der Waals surface area contributed by atoms with Crippen molar-refractivity contribution in [1.29, 1.82) is 0 Å². The number of nitrogens with one attached hydrogen (secondary N) is 1. The highest BCUT2D eigenvalue weighted by Gasteiger charge is 2.15. The molecule has 25 heavy (non-hydrogen) atoms. The standard InChI is InChI=1S/C18H17FN4OS/c1-12-4-3-5-13(10-12)17(24)20-11-16-21-22-18(25-2)23(16)15-8-6-14(19)7-9-15/h3-10H,11H2,1-2H3,(H,20,24). The minimum absolute atomic E-state index is 0.178. The van der Waals surface area contributed by atoms with Crippen molar-refractivity contribution in [3.8, 4) is 5.69 Å². The van der Waals surface area contributed by atoms with Gasteiger partial charge in [0.05, 0.1) is 6.54 Å². The summed E-state index contributed by atoms with van der Waals surface area (Å²) in [5.41, 5.74) is 2.36. The predicted octanol–water partition coefficient (Wildman–Crippen LogP) is 3.37. The fraction of sp³-hybridized carbons (Fsp3) is 0.167. The van der Waals surface area contributed by atoms with Crippen LogP contribution in [0.15, 0.2) is 53.7 Å². The number of halogens is 1. The molecule has 0 aliphatic heterocycles. The van der Waals surface area contributed by atoms with Crippen LogP contribution in [0.4, 0.5) is 4.39 Å². The van der Waals surface area contributed by atoms with Gasteiger partial charge in [-0.3, -0.25) is 9.36 Å². The van der Waals surface area contributed by atoms with E-state index in [0.29, 0.717) is 16.5 Å². The molecule has 0 saturated carbocycles. The molecule has 0 saturated heterocycles. The quantitative estimate of drug-likeness (QED) is 0.712. The summed E-state index contributed by atoms with van der Waals surface area (Å²) in [6.07, 6.45) is 1.89. The topological polar surface area (TPSA) is 59.8 Å². The van der Waals surface area contributed by atoms with Gasteiger partial charge in [-0.05, 0) is 49.6 Å². The Morgan fingerprint density at radius 1 is 1.20 bits per heavy atom. The molecule has 0 unspecified atom stereocenters. The molecule has 0 fully saturated rings. The molecule has 3 aromatic rings. The first-order chi connectivity index (χ1) is 12.1. The van der Waals surface area contributed by atoms with Gasteiger partial charge >= 0.3 is 0 Å². The van der Waals surface area contributed by atoms with Gasteiger partial charge in [-0.25, -0.2) is 4.39 Å². The molecule has 1 aromatic heterocycles. The van der Waals surface area contributed by atoms with E-state index in [1.165, 1.54) is 23.9 Å². The molecule has 1 heterocycles. The number of aryl methyl sites for hydroxylation is 1. The van der Waals surface area contributed by atoms with Gasteiger partial charge in [0.25, 0.3) is 5.91 Å². The highest BCUT2D eigenvalue weighted by Crippen LogP contribution is 2.20. The average molecular weight is 356 g/mol. The van der Waals surface area contributed by atoms with Crippen molar-refractivity contribution in [2.24, 2.45) is 0 Å². The lowest BCUT2D eigenvalue weighted by Crippen LogP contribution is -2.24. The molecule has 7 heteroatoms. The number of hydrogen-bond donors (Lipinski definition) is 1. The van der Waals surface area contributed by atoms with Gasteiger partial charge in [0.1, 0.15) is 5.82 Å². The molecule has 0 radical (unpaired) electrons. The number of carbonyl (C=O) groups is 1. The molecule has 0 aliphatic rings. The molecule has 0 atom stereocenters. The third-order valence-corrected chi connectivity index (χ3v) is 4.28. The Morgan fingerprint density at radius 2 is 1.96 bits per heavy atom. The van der Waals surface area contributed by atoms with Crippen LogP contribution in [0.25, 0.3) is 5.69 Å². The first-order valence-corrected chi connectivity index (χ1v) is 8.90. The number of carbonyl (C=O) groups excluding carboxylic acids is 1. The summed E-state index contributed by atoms with van der Waals surface area (Å²) < 4.78 is 15.0. The van der Waals surface area contributed by atoms with Gasteiger partial charge < -0.3 is 5.32 Å². The lowest BCUT2D eigenvalue weighted by atomic mass is 10.1. The summed E-state index contributed by atoms with van der Waals surface area (Å²) in [6, 6.07) is 13.5. The third-order valence-electron chi connectivity index (χ3n) is 3.66. The third kappa shape index (κ3) is 3.88. The Hall–Kier alpha value is -2.67. The predicted molar refractivity (Wildman–Crippen MR) is 95.4 cm³/mol. The maximum absolute atomic E-state index is 13.2. The van der Waals surface area contributed by atoms with Crippen LogP contribution < -0.4 is 5.32 Å². The second-order valence-corrected chi connectivity index (χ2v) is 6.24. The Labute approximate surface area is 149 Å². The molecule has 3 rings (SSSR count). The fourth-order valence-electron chi connectivity index (χ4n) is 2.44. The van der Waals surface area contributed by atoms with Crippen LogP contribution in [0.2, 0.25) is 0 Å². The van der Waals surface area contributed by atoms with Gasteiger partial charge in [0.2, 0.25) is 0 Å². The second-order valence-electron chi connectivity index (χ2n) is 5.47. The number of benzene rings is 2. The zero-order valence-corrected chi connectivity index (χ0v) is 14.7. The maximum atomic E-state index is 13.2. The van der Waals surface area contributed by atoms with E-state index in [1.807, 2.05) is 31.4 Å². The van der Waals surface area contributed by atoms with Gasteiger partial charge in [-0.1, -0.05) is 29.5 Å². The monoisotopic (exact) mass is 356 g/mol. The van der Waals surface area contributed by atoms with Gasteiger partial charge in [0, 0.05) is 11.3 Å². The zero-order chi connectivity index (χ0) is 17.8. The normalized spacial score (nSPS) is 10.7. The number of rotatable bonds is 5. The Balaban J connectivity index is 1.82. The molecule has 0 spiro atoms. The zero-order valence-electron chi connectivity index (χ0n) is 13.9. The van der Waals surface area contributed by atoms with Crippen molar-refractivity contribution in [1.82, 2.24) is 20.1 Å². The number of aromatic nitrogens is 3. The molecule has 1 N–H and O–H groups in total. The average Bonchev–Trinajstić information content (AvgIpc) is 3.03. The van der Waals surface area contributed by atoms with Crippen molar-refractivity contribution in [2.45, 2.75) is 18.6 Å². The minimum atomic E-state index is -0.308. The highest BCUT2D eigenvalue weighted by atomic mass is 32.2. The molecule has 0 bridgehead atoms. The molecular formula is C18H17FN4OS.